The maximum Gasteiger partial charge on any atom is 0.445 e. The van der Waals surface area contributed by atoms with Gasteiger partial charge in [0.1, 0.15) is 30.1 Å². The van der Waals surface area contributed by atoms with Crippen LogP contribution in [0.5, 0.6) is 17.2 Å². The first-order chi connectivity index (χ1) is 15.4. The summed E-state index contributed by atoms with van der Waals surface area (Å²) in [6.07, 6.45) is -0.429. The minimum atomic E-state index is -3.92. The lowest BCUT2D eigenvalue weighted by atomic mass is 10.1. The molecule has 0 aliphatic heterocycles. The summed E-state index contributed by atoms with van der Waals surface area (Å²) in [5.74, 6) is 1.02. The van der Waals surface area contributed by atoms with Crippen molar-refractivity contribution in [2.24, 2.45) is 0 Å². The predicted octanol–water partition coefficient (Wildman–Crippen LogP) is 5.40. The molecule has 0 saturated carbocycles. The summed E-state index contributed by atoms with van der Waals surface area (Å²) in [5, 5.41) is 9.26. The van der Waals surface area contributed by atoms with Crippen molar-refractivity contribution in [2.45, 2.75) is 13.8 Å². The number of aryl methyl sites for hydroxylation is 2. The van der Waals surface area contributed by atoms with Gasteiger partial charge in [-0.2, -0.15) is 13.8 Å². The minimum absolute atomic E-state index is 0.308. The SMILES string of the molecule is Cc1ccc(OS(=O)N(CC#N)CP(=O)(Oc2ccccc2)Oc2ccccc2)cc1C. The fourth-order valence-corrected chi connectivity index (χ4v) is 5.55. The molecule has 1 atom stereocenters. The van der Waals surface area contributed by atoms with Crippen LogP contribution in [0.3, 0.4) is 0 Å². The molecule has 32 heavy (non-hydrogen) atoms. The Labute approximate surface area is 190 Å². The van der Waals surface area contributed by atoms with Gasteiger partial charge in [0, 0.05) is 0 Å². The first-order valence-corrected chi connectivity index (χ1v) is 12.5. The molecule has 0 heterocycles. The molecular formula is C23H23N2O5PS. The number of nitrogens with zero attached hydrogens (tertiary/aromatic N) is 2. The van der Waals surface area contributed by atoms with Crippen molar-refractivity contribution in [2.75, 3.05) is 12.8 Å². The van der Waals surface area contributed by atoms with E-state index in [-0.39, 0.29) is 6.54 Å². The third-order valence-electron chi connectivity index (χ3n) is 4.41. The normalized spacial score (nSPS) is 12.1. The lowest BCUT2D eigenvalue weighted by molar-refractivity contribution is 0.360. The van der Waals surface area contributed by atoms with Gasteiger partial charge in [0.2, 0.25) is 0 Å². The van der Waals surface area contributed by atoms with Crippen molar-refractivity contribution in [3.05, 3.63) is 90.0 Å². The van der Waals surface area contributed by atoms with Crippen LogP contribution in [0.1, 0.15) is 11.1 Å². The smallest absolute Gasteiger partial charge is 0.415 e. The zero-order chi connectivity index (χ0) is 23.0. The third kappa shape index (κ3) is 6.69. The molecule has 3 rings (SSSR count). The van der Waals surface area contributed by atoms with Crippen LogP contribution in [0.2, 0.25) is 0 Å². The quantitative estimate of drug-likeness (QED) is 0.291. The molecule has 0 radical (unpaired) electrons. The molecule has 0 bridgehead atoms. The van der Waals surface area contributed by atoms with Crippen molar-refractivity contribution in [3.63, 3.8) is 0 Å². The van der Waals surface area contributed by atoms with E-state index >= 15 is 0 Å². The van der Waals surface area contributed by atoms with Crippen LogP contribution in [-0.4, -0.2) is 21.3 Å². The number of hydrogen-bond acceptors (Lipinski definition) is 6. The molecule has 3 aromatic carbocycles. The highest BCUT2D eigenvalue weighted by atomic mass is 32.2. The first-order valence-electron chi connectivity index (χ1n) is 9.76. The van der Waals surface area contributed by atoms with Crippen LogP contribution in [0.25, 0.3) is 0 Å². The van der Waals surface area contributed by atoms with Crippen LogP contribution in [0, 0.1) is 25.2 Å². The molecule has 166 valence electrons. The Kier molecular flexibility index (Phi) is 8.07. The summed E-state index contributed by atoms with van der Waals surface area (Å²) in [5.41, 5.74) is 2.03. The summed E-state index contributed by atoms with van der Waals surface area (Å²) in [7, 11) is -3.92. The number of rotatable bonds is 10. The summed E-state index contributed by atoms with van der Waals surface area (Å²) in [4.78, 5) is 0. The van der Waals surface area contributed by atoms with Crippen LogP contribution in [-0.2, 0) is 15.8 Å². The van der Waals surface area contributed by atoms with Crippen molar-refractivity contribution in [1.29, 1.82) is 5.26 Å². The molecule has 9 heteroatoms. The van der Waals surface area contributed by atoms with Crippen molar-refractivity contribution < 1.29 is 22.0 Å². The average Bonchev–Trinajstić information content (AvgIpc) is 2.77. The van der Waals surface area contributed by atoms with Crippen molar-refractivity contribution in [1.82, 2.24) is 4.31 Å². The van der Waals surface area contributed by atoms with Gasteiger partial charge in [-0.3, -0.25) is 0 Å². The number of para-hydroxylation sites is 2. The second-order valence-electron chi connectivity index (χ2n) is 6.91. The molecule has 0 amide bonds. The molecule has 0 spiro atoms. The van der Waals surface area contributed by atoms with E-state index in [1.165, 1.54) is 0 Å². The van der Waals surface area contributed by atoms with E-state index in [1.807, 2.05) is 26.0 Å². The van der Waals surface area contributed by atoms with E-state index in [1.54, 1.807) is 72.8 Å². The highest BCUT2D eigenvalue weighted by Crippen LogP contribution is 2.49. The zero-order valence-electron chi connectivity index (χ0n) is 17.7. The van der Waals surface area contributed by atoms with Crippen molar-refractivity contribution in [3.8, 4) is 23.3 Å². The number of nitriles is 1. The Bertz CT molecular complexity index is 1110. The summed E-state index contributed by atoms with van der Waals surface area (Å²) < 4.78 is 44.7. The highest BCUT2D eigenvalue weighted by Gasteiger charge is 2.34. The summed E-state index contributed by atoms with van der Waals surface area (Å²) in [6, 6.07) is 24.3. The maximum absolute atomic E-state index is 13.7. The number of benzene rings is 3. The van der Waals surface area contributed by atoms with Crippen LogP contribution in [0.15, 0.2) is 78.9 Å². The van der Waals surface area contributed by atoms with Crippen LogP contribution < -0.4 is 13.2 Å². The van der Waals surface area contributed by atoms with E-state index in [0.29, 0.717) is 17.2 Å². The largest absolute Gasteiger partial charge is 0.445 e. The summed E-state index contributed by atoms with van der Waals surface area (Å²) >= 11 is -2.11. The van der Waals surface area contributed by atoms with Gasteiger partial charge in [0.05, 0.1) is 6.07 Å². The van der Waals surface area contributed by atoms with E-state index in [0.717, 1.165) is 15.4 Å². The lowest BCUT2D eigenvalue weighted by Gasteiger charge is -2.24. The second-order valence-corrected chi connectivity index (χ2v) is 9.89. The Morgan fingerprint density at radius 1 is 0.875 bits per heavy atom. The Morgan fingerprint density at radius 3 is 1.94 bits per heavy atom. The molecule has 0 N–H and O–H groups in total. The zero-order valence-corrected chi connectivity index (χ0v) is 19.4. The van der Waals surface area contributed by atoms with Crippen LogP contribution in [0.4, 0.5) is 0 Å². The second kappa shape index (κ2) is 11.0. The molecule has 3 aromatic rings. The van der Waals surface area contributed by atoms with Gasteiger partial charge < -0.3 is 13.2 Å². The van der Waals surface area contributed by atoms with Crippen molar-refractivity contribution >= 4 is 18.9 Å². The topological polar surface area (TPSA) is 88.9 Å². The monoisotopic (exact) mass is 470 g/mol. The third-order valence-corrected chi connectivity index (χ3v) is 7.28. The minimum Gasteiger partial charge on any atom is -0.415 e. The van der Waals surface area contributed by atoms with Gasteiger partial charge in [0.15, 0.2) is 0 Å². The predicted molar refractivity (Wildman–Crippen MR) is 124 cm³/mol. The number of hydrogen-bond donors (Lipinski definition) is 0. The molecule has 1 unspecified atom stereocenters. The molecule has 0 fully saturated rings. The first kappa shape index (κ1) is 23.6. The van der Waals surface area contributed by atoms with Crippen LogP contribution >= 0.6 is 7.60 Å². The van der Waals surface area contributed by atoms with Gasteiger partial charge >= 0.3 is 7.60 Å². The Morgan fingerprint density at radius 2 is 1.44 bits per heavy atom. The van der Waals surface area contributed by atoms with E-state index in [4.69, 9.17) is 13.2 Å². The Hall–Kier alpha value is -3.11. The highest BCUT2D eigenvalue weighted by molar-refractivity contribution is 7.78. The van der Waals surface area contributed by atoms with E-state index in [2.05, 4.69) is 0 Å². The fourth-order valence-electron chi connectivity index (χ4n) is 2.68. The molecular weight excluding hydrogens is 447 g/mol. The summed E-state index contributed by atoms with van der Waals surface area (Å²) in [6.45, 7) is 3.56. The van der Waals surface area contributed by atoms with Gasteiger partial charge in [-0.25, -0.2) is 4.57 Å². The molecule has 0 aromatic heterocycles. The van der Waals surface area contributed by atoms with Gasteiger partial charge in [-0.1, -0.05) is 42.5 Å². The standard InChI is InChI=1S/C23H23N2O5PS/c1-19-13-14-23(17-20(19)2)30-32(27)25(16-15-24)18-31(26,28-21-9-5-3-6-10-21)29-22-11-7-4-8-12-22/h3-14,17H,16,18H2,1-2H3. The molecule has 0 saturated heterocycles. The van der Waals surface area contributed by atoms with Gasteiger partial charge in [-0.15, -0.1) is 0 Å². The maximum atomic E-state index is 13.7. The molecule has 7 nitrogen and oxygen atoms in total. The van der Waals surface area contributed by atoms with Gasteiger partial charge in [-0.05, 0) is 61.4 Å². The molecule has 0 aliphatic rings. The van der Waals surface area contributed by atoms with Gasteiger partial charge in [0.25, 0.3) is 11.3 Å². The fraction of sp³-hybridized carbons (Fsp3) is 0.174. The molecule has 0 aliphatic carbocycles. The average molecular weight is 470 g/mol. The Balaban J connectivity index is 1.84. The van der Waals surface area contributed by atoms with E-state index < -0.39 is 25.1 Å². The van der Waals surface area contributed by atoms with E-state index in [9.17, 15) is 14.0 Å². The lowest BCUT2D eigenvalue weighted by Crippen LogP contribution is -2.32.